The van der Waals surface area contributed by atoms with Gasteiger partial charge in [0.1, 0.15) is 12.1 Å². The highest BCUT2D eigenvalue weighted by Crippen LogP contribution is 2.21. The Morgan fingerprint density at radius 2 is 1.22 bits per heavy atom. The van der Waals surface area contributed by atoms with E-state index in [4.69, 9.17) is 27.2 Å². The van der Waals surface area contributed by atoms with Gasteiger partial charge in [0.2, 0.25) is 0 Å². The van der Waals surface area contributed by atoms with Crippen LogP contribution in [0.15, 0.2) is 48.8 Å². The van der Waals surface area contributed by atoms with Crippen LogP contribution < -0.4 is 0 Å². The molecule has 2 aromatic carbocycles. The van der Waals surface area contributed by atoms with E-state index in [0.717, 1.165) is 38.5 Å². The van der Waals surface area contributed by atoms with Crippen LogP contribution >= 0.6 is 11.6 Å². The number of aliphatic hydroxyl groups excluding tert-OH is 1. The standard InChI is InChI=1S/C12H9ClN2.C12H10N2O.2CH4/c1-8-2-10-3-9(5-13)4-11(6-14)12(10)15-7-8;1-8-2-10-3-9(7-15)4-11(5-13)12(10)14-6-8;;/h2-4,7H,5H2,1H3;2-4,6,15H,7H2,1H3;2*1H4. The van der Waals surface area contributed by atoms with Gasteiger partial charge in [0.25, 0.3) is 0 Å². The van der Waals surface area contributed by atoms with E-state index < -0.39 is 0 Å². The van der Waals surface area contributed by atoms with E-state index in [1.165, 1.54) is 0 Å². The van der Waals surface area contributed by atoms with Crippen LogP contribution in [0.3, 0.4) is 0 Å². The van der Waals surface area contributed by atoms with E-state index in [2.05, 4.69) is 22.1 Å². The Balaban J connectivity index is 0.000000301. The van der Waals surface area contributed by atoms with Gasteiger partial charge in [0, 0.05) is 29.0 Å². The lowest BCUT2D eigenvalue weighted by Crippen LogP contribution is -1.90. The predicted octanol–water partition coefficient (Wildman–Crippen LogP) is 6.33. The van der Waals surface area contributed by atoms with Crippen molar-refractivity contribution in [2.75, 3.05) is 0 Å². The van der Waals surface area contributed by atoms with Gasteiger partial charge in [-0.15, -0.1) is 11.6 Å². The number of nitrogens with zero attached hydrogens (tertiary/aromatic N) is 4. The third-order valence-electron chi connectivity index (χ3n) is 4.54. The minimum atomic E-state index is -0.0570. The first-order valence-corrected chi connectivity index (χ1v) is 9.78. The third-order valence-corrected chi connectivity index (χ3v) is 4.85. The van der Waals surface area contributed by atoms with Crippen molar-refractivity contribution >= 4 is 33.4 Å². The molecule has 0 spiro atoms. The zero-order valence-electron chi connectivity index (χ0n) is 16.6. The summed E-state index contributed by atoms with van der Waals surface area (Å²) in [5.41, 5.74) is 6.36. The highest BCUT2D eigenvalue weighted by atomic mass is 35.5. The normalized spacial score (nSPS) is 9.56. The second-order valence-electron chi connectivity index (χ2n) is 6.97. The molecule has 6 heteroatoms. The van der Waals surface area contributed by atoms with E-state index in [9.17, 15) is 0 Å². The van der Waals surface area contributed by atoms with Crippen molar-refractivity contribution in [2.45, 2.75) is 41.2 Å². The van der Waals surface area contributed by atoms with Gasteiger partial charge in [-0.2, -0.15) is 10.5 Å². The van der Waals surface area contributed by atoms with Gasteiger partial charge in [-0.25, -0.2) is 0 Å². The van der Waals surface area contributed by atoms with Crippen LogP contribution in [-0.4, -0.2) is 15.1 Å². The van der Waals surface area contributed by atoms with Crippen molar-refractivity contribution < 1.29 is 5.11 Å². The number of pyridine rings is 2. The van der Waals surface area contributed by atoms with E-state index in [1.807, 2.05) is 38.1 Å². The van der Waals surface area contributed by atoms with Crippen LogP contribution in [0.5, 0.6) is 0 Å². The molecule has 0 aliphatic rings. The first kappa shape index (κ1) is 26.5. The van der Waals surface area contributed by atoms with Crippen LogP contribution in [-0.2, 0) is 12.5 Å². The molecular formula is C26H27ClN4O. The molecular weight excluding hydrogens is 420 g/mol. The summed E-state index contributed by atoms with van der Waals surface area (Å²) in [4.78, 5) is 8.48. The third kappa shape index (κ3) is 5.80. The molecule has 164 valence electrons. The number of halogens is 1. The zero-order valence-corrected chi connectivity index (χ0v) is 17.4. The lowest BCUT2D eigenvalue weighted by molar-refractivity contribution is 0.282. The second-order valence-corrected chi connectivity index (χ2v) is 7.24. The van der Waals surface area contributed by atoms with Crippen molar-refractivity contribution in [1.82, 2.24) is 9.97 Å². The Bertz CT molecular complexity index is 1220. The Labute approximate surface area is 194 Å². The highest BCUT2D eigenvalue weighted by Gasteiger charge is 2.05. The lowest BCUT2D eigenvalue weighted by Gasteiger charge is -2.03. The Morgan fingerprint density at radius 1 is 0.781 bits per heavy atom. The Morgan fingerprint density at radius 3 is 1.62 bits per heavy atom. The van der Waals surface area contributed by atoms with Crippen molar-refractivity contribution in [2.24, 2.45) is 0 Å². The highest BCUT2D eigenvalue weighted by molar-refractivity contribution is 6.17. The maximum atomic E-state index is 9.06. The molecule has 2 aromatic heterocycles. The van der Waals surface area contributed by atoms with Gasteiger partial charge in [0.15, 0.2) is 0 Å². The smallest absolute Gasteiger partial charge is 0.101 e. The van der Waals surface area contributed by atoms with E-state index in [0.29, 0.717) is 22.5 Å². The molecule has 0 saturated carbocycles. The summed E-state index contributed by atoms with van der Waals surface area (Å²) in [5, 5.41) is 28.9. The number of aromatic nitrogens is 2. The van der Waals surface area contributed by atoms with E-state index >= 15 is 0 Å². The van der Waals surface area contributed by atoms with Crippen LogP contribution in [0.25, 0.3) is 21.8 Å². The first-order chi connectivity index (χ1) is 14.5. The fourth-order valence-corrected chi connectivity index (χ4v) is 3.34. The monoisotopic (exact) mass is 446 g/mol. The minimum Gasteiger partial charge on any atom is -0.392 e. The van der Waals surface area contributed by atoms with Gasteiger partial charge in [-0.05, 0) is 72.5 Å². The molecule has 0 bridgehead atoms. The van der Waals surface area contributed by atoms with Crippen molar-refractivity contribution in [3.05, 3.63) is 82.2 Å². The SMILES string of the molecule is C.C.Cc1cnc2c(C#N)cc(CCl)cc2c1.Cc1cnc2c(C#N)cc(CO)cc2c1. The number of rotatable bonds is 2. The van der Waals surface area contributed by atoms with Crippen molar-refractivity contribution in [3.63, 3.8) is 0 Å². The fraction of sp³-hybridized carbons (Fsp3) is 0.231. The molecule has 4 aromatic rings. The Kier molecular flexibility index (Phi) is 9.75. The molecule has 0 aliphatic heterocycles. The van der Waals surface area contributed by atoms with Crippen LogP contribution in [0.1, 0.15) is 48.2 Å². The molecule has 0 amide bonds. The molecule has 0 radical (unpaired) electrons. The molecule has 4 rings (SSSR count). The minimum absolute atomic E-state index is 0. The predicted molar refractivity (Wildman–Crippen MR) is 131 cm³/mol. The molecule has 0 atom stereocenters. The molecule has 2 heterocycles. The van der Waals surface area contributed by atoms with Crippen molar-refractivity contribution in [3.8, 4) is 12.1 Å². The topological polar surface area (TPSA) is 93.6 Å². The molecule has 1 N–H and O–H groups in total. The number of alkyl halides is 1. The van der Waals surface area contributed by atoms with Gasteiger partial charge in [0.05, 0.1) is 28.8 Å². The van der Waals surface area contributed by atoms with E-state index in [-0.39, 0.29) is 21.5 Å². The second kappa shape index (κ2) is 11.8. The largest absolute Gasteiger partial charge is 0.392 e. The molecule has 5 nitrogen and oxygen atoms in total. The van der Waals surface area contributed by atoms with Crippen LogP contribution in [0, 0.1) is 36.5 Å². The fourth-order valence-electron chi connectivity index (χ4n) is 3.18. The number of benzene rings is 2. The summed E-state index contributed by atoms with van der Waals surface area (Å²) in [6.07, 6.45) is 3.51. The van der Waals surface area contributed by atoms with Gasteiger partial charge >= 0.3 is 0 Å². The summed E-state index contributed by atoms with van der Waals surface area (Å²) >= 11 is 5.77. The maximum absolute atomic E-state index is 9.06. The average Bonchev–Trinajstić information content (AvgIpc) is 2.77. The summed E-state index contributed by atoms with van der Waals surface area (Å²) in [6, 6.07) is 15.5. The summed E-state index contributed by atoms with van der Waals surface area (Å²) in [5.74, 6) is 0.415. The molecule has 0 aliphatic carbocycles. The van der Waals surface area contributed by atoms with Crippen molar-refractivity contribution in [1.29, 1.82) is 10.5 Å². The zero-order chi connectivity index (χ0) is 21.7. The lowest BCUT2D eigenvalue weighted by atomic mass is 10.1. The van der Waals surface area contributed by atoms with Crippen LogP contribution in [0.4, 0.5) is 0 Å². The number of aryl methyl sites for hydroxylation is 2. The number of nitriles is 2. The number of hydrogen-bond donors (Lipinski definition) is 1. The van der Waals surface area contributed by atoms with Crippen LogP contribution in [0.2, 0.25) is 0 Å². The number of hydrogen-bond acceptors (Lipinski definition) is 5. The summed E-state index contributed by atoms with van der Waals surface area (Å²) < 4.78 is 0. The number of aliphatic hydroxyl groups is 1. The van der Waals surface area contributed by atoms with Gasteiger partial charge in [-0.3, -0.25) is 9.97 Å². The quantitative estimate of drug-likeness (QED) is 0.363. The first-order valence-electron chi connectivity index (χ1n) is 9.24. The summed E-state index contributed by atoms with van der Waals surface area (Å²) in [6.45, 7) is 3.87. The molecule has 0 fully saturated rings. The van der Waals surface area contributed by atoms with Gasteiger partial charge in [-0.1, -0.05) is 14.9 Å². The molecule has 0 unspecified atom stereocenters. The van der Waals surface area contributed by atoms with Gasteiger partial charge < -0.3 is 5.11 Å². The maximum Gasteiger partial charge on any atom is 0.101 e. The van der Waals surface area contributed by atoms with E-state index in [1.54, 1.807) is 24.5 Å². The molecule has 0 saturated heterocycles. The number of fused-ring (bicyclic) bond motifs is 2. The average molecular weight is 447 g/mol. The summed E-state index contributed by atoms with van der Waals surface area (Å²) in [7, 11) is 0. The molecule has 32 heavy (non-hydrogen) atoms. The Hall–Kier alpha value is -3.51.